The van der Waals surface area contributed by atoms with Crippen LogP contribution in [0.3, 0.4) is 0 Å². The van der Waals surface area contributed by atoms with Crippen molar-refractivity contribution in [3.63, 3.8) is 0 Å². The fourth-order valence-electron chi connectivity index (χ4n) is 3.99. The molecule has 4 aromatic rings. The maximum atomic E-state index is 13.6. The fourth-order valence-corrected chi connectivity index (χ4v) is 5.17. The summed E-state index contributed by atoms with van der Waals surface area (Å²) in [6.45, 7) is 1.81. The van der Waals surface area contributed by atoms with Gasteiger partial charge in [-0.2, -0.15) is 0 Å². The van der Waals surface area contributed by atoms with E-state index in [0.29, 0.717) is 31.3 Å². The highest BCUT2D eigenvalue weighted by Gasteiger charge is 2.32. The lowest BCUT2D eigenvalue weighted by Crippen LogP contribution is -2.40. The van der Waals surface area contributed by atoms with Crippen LogP contribution in [0, 0.1) is 0 Å². The number of benzene rings is 3. The van der Waals surface area contributed by atoms with Crippen molar-refractivity contribution < 1.29 is 4.79 Å². The van der Waals surface area contributed by atoms with Crippen molar-refractivity contribution in [1.29, 1.82) is 0 Å². The number of nitrogens with zero attached hydrogens (tertiary/aromatic N) is 2. The molecular formula is C27H20ClN3O2S. The summed E-state index contributed by atoms with van der Waals surface area (Å²) >= 11 is 7.31. The van der Waals surface area contributed by atoms with Crippen LogP contribution in [0.25, 0.3) is 6.08 Å². The van der Waals surface area contributed by atoms with Gasteiger partial charge in [0.1, 0.15) is 0 Å². The Morgan fingerprint density at radius 1 is 1.00 bits per heavy atom. The summed E-state index contributed by atoms with van der Waals surface area (Å²) in [5.41, 5.74) is 3.23. The van der Waals surface area contributed by atoms with Crippen molar-refractivity contribution in [2.24, 2.45) is 4.99 Å². The maximum Gasteiger partial charge on any atom is 0.271 e. The molecule has 1 aliphatic heterocycles. The van der Waals surface area contributed by atoms with E-state index in [0.717, 1.165) is 11.1 Å². The summed E-state index contributed by atoms with van der Waals surface area (Å²) in [6.07, 6.45) is 1.82. The van der Waals surface area contributed by atoms with E-state index >= 15 is 0 Å². The van der Waals surface area contributed by atoms with E-state index in [4.69, 9.17) is 11.6 Å². The zero-order valence-electron chi connectivity index (χ0n) is 18.2. The largest absolute Gasteiger partial charge is 0.322 e. The molecule has 5 rings (SSSR count). The maximum absolute atomic E-state index is 13.6. The molecule has 0 bridgehead atoms. The second kappa shape index (κ2) is 9.25. The smallest absolute Gasteiger partial charge is 0.271 e. The van der Waals surface area contributed by atoms with Gasteiger partial charge in [0.15, 0.2) is 4.80 Å². The number of halogens is 1. The lowest BCUT2D eigenvalue weighted by Gasteiger charge is -2.25. The standard InChI is InChI=1S/C27H20ClN3O2S/c1-17-23(25(32)30-21-10-6-3-7-11-21)24(19-8-4-2-5-9-19)31-26(33)22(34-27(31)29-17)16-18-12-14-20(28)15-13-18/h2-16,24H,1H3,(H,30,32)/b22-16+/t24-/m1/s1. The van der Waals surface area contributed by atoms with Crippen molar-refractivity contribution in [3.05, 3.63) is 132 Å². The summed E-state index contributed by atoms with van der Waals surface area (Å²) in [5, 5.41) is 3.59. The number of amides is 1. The number of aromatic nitrogens is 1. The van der Waals surface area contributed by atoms with Crippen LogP contribution in [0.2, 0.25) is 5.02 Å². The molecule has 1 atom stereocenters. The number of carbonyl (C=O) groups excluding carboxylic acids is 1. The van der Waals surface area contributed by atoms with Crippen molar-refractivity contribution in [3.8, 4) is 0 Å². The van der Waals surface area contributed by atoms with E-state index in [2.05, 4.69) is 10.3 Å². The van der Waals surface area contributed by atoms with Crippen LogP contribution >= 0.6 is 22.9 Å². The third kappa shape index (κ3) is 4.25. The SMILES string of the molecule is CC1=C(C(=O)Nc2ccccc2)[C@@H](c2ccccc2)n2c(s/c(=C/c3ccc(Cl)cc3)c2=O)=N1. The molecule has 0 unspecified atom stereocenters. The Labute approximate surface area is 205 Å². The minimum absolute atomic E-state index is 0.190. The average Bonchev–Trinajstić information content (AvgIpc) is 3.15. The third-order valence-electron chi connectivity index (χ3n) is 5.58. The molecule has 1 aliphatic rings. The second-order valence-corrected chi connectivity index (χ2v) is 9.31. The van der Waals surface area contributed by atoms with Crippen LogP contribution in [0.1, 0.15) is 24.1 Å². The molecule has 0 radical (unpaired) electrons. The first-order valence-electron chi connectivity index (χ1n) is 10.7. The summed E-state index contributed by atoms with van der Waals surface area (Å²) in [5.74, 6) is -0.284. The summed E-state index contributed by atoms with van der Waals surface area (Å²) in [6, 6.07) is 25.5. The first-order valence-corrected chi connectivity index (χ1v) is 11.9. The molecule has 3 aromatic carbocycles. The van der Waals surface area contributed by atoms with Gasteiger partial charge in [-0.3, -0.25) is 14.2 Å². The molecule has 0 fully saturated rings. The second-order valence-electron chi connectivity index (χ2n) is 7.86. The fraction of sp³-hybridized carbons (Fsp3) is 0.0741. The van der Waals surface area contributed by atoms with Gasteiger partial charge in [-0.25, -0.2) is 4.99 Å². The normalized spacial score (nSPS) is 15.6. The predicted octanol–water partition coefficient (Wildman–Crippen LogP) is 4.53. The van der Waals surface area contributed by atoms with Crippen LogP contribution in [-0.4, -0.2) is 10.5 Å². The van der Waals surface area contributed by atoms with E-state index < -0.39 is 6.04 Å². The number of anilines is 1. The predicted molar refractivity (Wildman–Crippen MR) is 137 cm³/mol. The van der Waals surface area contributed by atoms with Gasteiger partial charge in [0, 0.05) is 10.7 Å². The van der Waals surface area contributed by atoms with Gasteiger partial charge in [0.25, 0.3) is 11.5 Å². The van der Waals surface area contributed by atoms with Gasteiger partial charge >= 0.3 is 0 Å². The molecule has 7 heteroatoms. The molecule has 2 heterocycles. The van der Waals surface area contributed by atoms with Crippen molar-refractivity contribution in [1.82, 2.24) is 4.57 Å². The third-order valence-corrected chi connectivity index (χ3v) is 6.82. The molecular weight excluding hydrogens is 466 g/mol. The van der Waals surface area contributed by atoms with Crippen LogP contribution in [0.5, 0.6) is 0 Å². The van der Waals surface area contributed by atoms with Crippen LogP contribution in [0.4, 0.5) is 5.69 Å². The lowest BCUT2D eigenvalue weighted by atomic mass is 9.95. The average molecular weight is 486 g/mol. The molecule has 0 aliphatic carbocycles. The van der Waals surface area contributed by atoms with Crippen LogP contribution in [0.15, 0.2) is 106 Å². The zero-order valence-corrected chi connectivity index (χ0v) is 19.8. The Morgan fingerprint density at radius 2 is 1.65 bits per heavy atom. The topological polar surface area (TPSA) is 63.5 Å². The molecule has 1 aromatic heterocycles. The van der Waals surface area contributed by atoms with Gasteiger partial charge in [0.2, 0.25) is 0 Å². The molecule has 0 spiro atoms. The van der Waals surface area contributed by atoms with Gasteiger partial charge in [0.05, 0.1) is 21.8 Å². The van der Waals surface area contributed by atoms with Crippen molar-refractivity contribution >= 4 is 40.6 Å². The first-order chi connectivity index (χ1) is 16.5. The highest BCUT2D eigenvalue weighted by molar-refractivity contribution is 7.07. The Bertz CT molecular complexity index is 1570. The molecule has 5 nitrogen and oxygen atoms in total. The highest BCUT2D eigenvalue weighted by atomic mass is 35.5. The number of carbonyl (C=O) groups is 1. The van der Waals surface area contributed by atoms with Crippen molar-refractivity contribution in [2.45, 2.75) is 13.0 Å². The minimum atomic E-state index is -0.589. The summed E-state index contributed by atoms with van der Waals surface area (Å²) < 4.78 is 2.16. The van der Waals surface area contributed by atoms with E-state index in [-0.39, 0.29) is 11.5 Å². The van der Waals surface area contributed by atoms with Crippen LogP contribution in [-0.2, 0) is 4.79 Å². The number of allylic oxidation sites excluding steroid dienone is 1. The van der Waals surface area contributed by atoms with Gasteiger partial charge in [-0.15, -0.1) is 0 Å². The molecule has 1 N–H and O–H groups in total. The molecule has 0 saturated carbocycles. The van der Waals surface area contributed by atoms with Gasteiger partial charge in [-0.1, -0.05) is 83.6 Å². The molecule has 34 heavy (non-hydrogen) atoms. The molecule has 168 valence electrons. The van der Waals surface area contributed by atoms with E-state index in [9.17, 15) is 9.59 Å². The monoisotopic (exact) mass is 485 g/mol. The van der Waals surface area contributed by atoms with E-state index in [1.807, 2.05) is 85.8 Å². The van der Waals surface area contributed by atoms with Gasteiger partial charge < -0.3 is 5.32 Å². The Hall–Kier alpha value is -3.74. The lowest BCUT2D eigenvalue weighted by molar-refractivity contribution is -0.113. The molecule has 1 amide bonds. The Morgan fingerprint density at radius 3 is 2.32 bits per heavy atom. The van der Waals surface area contributed by atoms with E-state index in [1.165, 1.54) is 11.3 Å². The zero-order chi connectivity index (χ0) is 23.7. The molecule has 0 saturated heterocycles. The number of hydrogen-bond acceptors (Lipinski definition) is 4. The number of thiazole rings is 1. The van der Waals surface area contributed by atoms with Gasteiger partial charge in [-0.05, 0) is 48.4 Å². The highest BCUT2D eigenvalue weighted by Crippen LogP contribution is 2.30. The Kier molecular flexibility index (Phi) is 6.01. The first kappa shape index (κ1) is 22.1. The number of fused-ring (bicyclic) bond motifs is 1. The summed E-state index contributed by atoms with van der Waals surface area (Å²) in [7, 11) is 0. The number of nitrogens with one attached hydrogen (secondary N) is 1. The number of hydrogen-bond donors (Lipinski definition) is 1. The summed E-state index contributed by atoms with van der Waals surface area (Å²) in [4.78, 5) is 32.3. The Balaban J connectivity index is 1.66. The van der Waals surface area contributed by atoms with E-state index in [1.54, 1.807) is 16.7 Å². The minimum Gasteiger partial charge on any atom is -0.322 e. The number of para-hydroxylation sites is 1. The van der Waals surface area contributed by atoms with Crippen molar-refractivity contribution in [2.75, 3.05) is 5.32 Å². The van der Waals surface area contributed by atoms with Crippen LogP contribution < -0.4 is 20.2 Å². The number of rotatable bonds is 4. The quantitative estimate of drug-likeness (QED) is 0.461.